The molecule has 0 spiro atoms. The number of aliphatic imine (C=N–C) groups is 1. The predicted octanol–water partition coefficient (Wildman–Crippen LogP) is 4.80. The van der Waals surface area contributed by atoms with Crippen LogP contribution in [0.2, 0.25) is 0 Å². The molecule has 202 valence electrons. The molecule has 0 radical (unpaired) electrons. The SMILES string of the molecule is C=CCOC(=O)C1=C(C)N=C2SC=C(CC(=O)N3CCC[C@H](C(=O)OCC)C3)N2[C@@H]1c1ccc(C)cc1C. The number of carbonyl (C=O) groups excluding carboxylic acids is 3. The summed E-state index contributed by atoms with van der Waals surface area (Å²) < 4.78 is 10.7. The van der Waals surface area contributed by atoms with Crippen LogP contribution in [0.3, 0.4) is 0 Å². The number of hydrogen-bond acceptors (Lipinski definition) is 8. The molecule has 0 aliphatic carbocycles. The highest BCUT2D eigenvalue weighted by Crippen LogP contribution is 2.45. The van der Waals surface area contributed by atoms with Crippen molar-refractivity contribution in [3.63, 3.8) is 0 Å². The van der Waals surface area contributed by atoms with E-state index in [0.717, 1.165) is 40.4 Å². The molecule has 38 heavy (non-hydrogen) atoms. The van der Waals surface area contributed by atoms with Crippen LogP contribution in [-0.4, -0.2) is 59.1 Å². The number of rotatable bonds is 8. The Kier molecular flexibility index (Phi) is 8.76. The van der Waals surface area contributed by atoms with Gasteiger partial charge in [0.15, 0.2) is 5.17 Å². The second kappa shape index (κ2) is 12.0. The number of hydrogen-bond donors (Lipinski definition) is 0. The van der Waals surface area contributed by atoms with Crippen LogP contribution in [0, 0.1) is 19.8 Å². The van der Waals surface area contributed by atoms with Crippen molar-refractivity contribution in [3.05, 3.63) is 69.9 Å². The molecule has 2 atom stereocenters. The van der Waals surface area contributed by atoms with Crippen LogP contribution in [0.5, 0.6) is 0 Å². The van der Waals surface area contributed by atoms with Crippen molar-refractivity contribution < 1.29 is 23.9 Å². The van der Waals surface area contributed by atoms with Crippen molar-refractivity contribution in [2.75, 3.05) is 26.3 Å². The van der Waals surface area contributed by atoms with E-state index < -0.39 is 12.0 Å². The summed E-state index contributed by atoms with van der Waals surface area (Å²) in [5.41, 5.74) is 4.92. The van der Waals surface area contributed by atoms with Gasteiger partial charge in [0.2, 0.25) is 5.91 Å². The van der Waals surface area contributed by atoms with E-state index in [-0.39, 0.29) is 30.8 Å². The fourth-order valence-corrected chi connectivity index (χ4v) is 6.16. The molecular formula is C29H35N3O5S. The lowest BCUT2D eigenvalue weighted by Crippen LogP contribution is -2.44. The van der Waals surface area contributed by atoms with E-state index in [4.69, 9.17) is 14.5 Å². The van der Waals surface area contributed by atoms with Gasteiger partial charge in [0.1, 0.15) is 6.61 Å². The fourth-order valence-electron chi connectivity index (χ4n) is 5.19. The van der Waals surface area contributed by atoms with Crippen molar-refractivity contribution in [2.45, 2.75) is 53.0 Å². The average molecular weight is 538 g/mol. The number of aryl methyl sites for hydroxylation is 2. The second-order valence-electron chi connectivity index (χ2n) is 9.75. The molecule has 4 rings (SSSR count). The number of nitrogens with zero attached hydrogens (tertiary/aromatic N) is 3. The van der Waals surface area contributed by atoms with Gasteiger partial charge in [0.25, 0.3) is 0 Å². The van der Waals surface area contributed by atoms with Crippen LogP contribution >= 0.6 is 11.8 Å². The molecule has 1 fully saturated rings. The topological polar surface area (TPSA) is 88.5 Å². The third-order valence-corrected chi connectivity index (χ3v) is 7.89. The minimum atomic E-state index is -0.483. The standard InChI is InChI=1S/C29H35N3O5S/c1-6-13-37-28(35)25-20(5)30-29-32(26(25)23-11-10-18(3)14-19(23)4)22(17-38-29)15-24(33)31-12-8-9-21(16-31)27(34)36-7-2/h6,10-11,14,17,21,26H,1,7-9,12-13,15-16H2,2-5H3/t21-,26+/m0/s1. The number of likely N-dealkylation sites (tertiary alicyclic amines) is 1. The van der Waals surface area contributed by atoms with E-state index in [2.05, 4.69) is 12.6 Å². The van der Waals surface area contributed by atoms with Crippen LogP contribution in [0.25, 0.3) is 0 Å². The minimum absolute atomic E-state index is 0.0615. The Balaban J connectivity index is 1.63. The van der Waals surface area contributed by atoms with E-state index in [1.54, 1.807) is 11.8 Å². The Morgan fingerprint density at radius 3 is 2.71 bits per heavy atom. The van der Waals surface area contributed by atoms with Gasteiger partial charge in [-0.15, -0.1) is 0 Å². The molecule has 9 heteroatoms. The summed E-state index contributed by atoms with van der Waals surface area (Å²) in [7, 11) is 0. The molecule has 0 N–H and O–H groups in total. The van der Waals surface area contributed by atoms with Crippen LogP contribution in [0.4, 0.5) is 0 Å². The molecule has 1 aromatic rings. The predicted molar refractivity (Wildman–Crippen MR) is 148 cm³/mol. The highest BCUT2D eigenvalue weighted by Gasteiger charge is 2.42. The molecule has 0 bridgehead atoms. The van der Waals surface area contributed by atoms with E-state index >= 15 is 0 Å². The van der Waals surface area contributed by atoms with Crippen LogP contribution < -0.4 is 0 Å². The Morgan fingerprint density at radius 2 is 2.00 bits per heavy atom. The van der Waals surface area contributed by atoms with Gasteiger partial charge < -0.3 is 19.3 Å². The number of allylic oxidation sites excluding steroid dienone is 1. The molecule has 0 aromatic heterocycles. The van der Waals surface area contributed by atoms with Gasteiger partial charge in [-0.2, -0.15) is 0 Å². The van der Waals surface area contributed by atoms with Crippen LogP contribution in [-0.2, 0) is 23.9 Å². The van der Waals surface area contributed by atoms with Gasteiger partial charge in [-0.1, -0.05) is 48.2 Å². The van der Waals surface area contributed by atoms with E-state index in [1.165, 1.54) is 17.8 Å². The van der Waals surface area contributed by atoms with Crippen molar-refractivity contribution >= 4 is 34.8 Å². The summed E-state index contributed by atoms with van der Waals surface area (Å²) >= 11 is 1.44. The molecule has 1 aromatic carbocycles. The lowest BCUT2D eigenvalue weighted by Gasteiger charge is -2.38. The molecule has 3 heterocycles. The molecular weight excluding hydrogens is 502 g/mol. The Hall–Kier alpha value is -3.33. The molecule has 1 saturated heterocycles. The number of piperidine rings is 1. The van der Waals surface area contributed by atoms with Crippen LogP contribution in [0.1, 0.15) is 55.8 Å². The maximum Gasteiger partial charge on any atom is 0.338 e. The highest BCUT2D eigenvalue weighted by atomic mass is 32.2. The summed E-state index contributed by atoms with van der Waals surface area (Å²) in [6.07, 6.45) is 3.15. The third-order valence-electron chi connectivity index (χ3n) is 7.00. The van der Waals surface area contributed by atoms with Crippen LogP contribution in [0.15, 0.2) is 58.2 Å². The molecule has 3 aliphatic heterocycles. The summed E-state index contributed by atoms with van der Waals surface area (Å²) in [4.78, 5) is 47.5. The normalized spacial score (nSPS) is 20.9. The number of esters is 2. The van der Waals surface area contributed by atoms with Crippen molar-refractivity contribution in [3.8, 4) is 0 Å². The quantitative estimate of drug-likeness (QED) is 0.348. The van der Waals surface area contributed by atoms with E-state index in [0.29, 0.717) is 31.0 Å². The third kappa shape index (κ3) is 5.72. The van der Waals surface area contributed by atoms with Gasteiger partial charge in [-0.05, 0) is 57.1 Å². The maximum absolute atomic E-state index is 13.5. The number of thioether (sulfide) groups is 1. The second-order valence-corrected chi connectivity index (χ2v) is 10.6. The number of amidine groups is 1. The number of amides is 1. The monoisotopic (exact) mass is 537 g/mol. The summed E-state index contributed by atoms with van der Waals surface area (Å²) in [5, 5.41) is 2.66. The van der Waals surface area contributed by atoms with Crippen molar-refractivity contribution in [2.24, 2.45) is 10.9 Å². The van der Waals surface area contributed by atoms with Crippen molar-refractivity contribution in [1.82, 2.24) is 9.80 Å². The fraction of sp³-hybridized carbons (Fsp3) is 0.448. The Morgan fingerprint density at radius 1 is 1.21 bits per heavy atom. The molecule has 3 aliphatic rings. The summed E-state index contributed by atoms with van der Waals surface area (Å²) in [5.74, 6) is -1.06. The Labute approximate surface area is 228 Å². The first-order chi connectivity index (χ1) is 18.2. The first-order valence-corrected chi connectivity index (χ1v) is 13.9. The van der Waals surface area contributed by atoms with Gasteiger partial charge in [0, 0.05) is 18.8 Å². The smallest absolute Gasteiger partial charge is 0.338 e. The van der Waals surface area contributed by atoms with Gasteiger partial charge >= 0.3 is 11.9 Å². The molecule has 0 saturated carbocycles. The number of ether oxygens (including phenoxy) is 2. The number of fused-ring (bicyclic) bond motifs is 1. The van der Waals surface area contributed by atoms with Gasteiger partial charge in [-0.25, -0.2) is 9.79 Å². The molecule has 1 amide bonds. The minimum Gasteiger partial charge on any atom is -0.466 e. The molecule has 0 unspecified atom stereocenters. The average Bonchev–Trinajstić information content (AvgIpc) is 3.28. The summed E-state index contributed by atoms with van der Waals surface area (Å²) in [6.45, 7) is 12.7. The maximum atomic E-state index is 13.5. The number of benzene rings is 1. The first-order valence-electron chi connectivity index (χ1n) is 13.0. The van der Waals surface area contributed by atoms with E-state index in [9.17, 15) is 14.4 Å². The number of carbonyl (C=O) groups is 3. The first kappa shape index (κ1) is 27.7. The van der Waals surface area contributed by atoms with Gasteiger partial charge in [0.05, 0.1) is 36.3 Å². The summed E-state index contributed by atoms with van der Waals surface area (Å²) in [6, 6.07) is 5.66. The molecule has 8 nitrogen and oxygen atoms in total. The largest absolute Gasteiger partial charge is 0.466 e. The van der Waals surface area contributed by atoms with Gasteiger partial charge in [-0.3, -0.25) is 9.59 Å². The highest BCUT2D eigenvalue weighted by molar-refractivity contribution is 8.16. The zero-order valence-corrected chi connectivity index (χ0v) is 23.3. The lowest BCUT2D eigenvalue weighted by molar-refractivity contribution is -0.151. The Bertz CT molecular complexity index is 1230. The van der Waals surface area contributed by atoms with E-state index in [1.807, 2.05) is 43.2 Å². The zero-order chi connectivity index (χ0) is 27.4. The zero-order valence-electron chi connectivity index (χ0n) is 22.5. The lowest BCUT2D eigenvalue weighted by atomic mass is 9.90. The van der Waals surface area contributed by atoms with Crippen molar-refractivity contribution in [1.29, 1.82) is 0 Å².